The van der Waals surface area contributed by atoms with E-state index in [1.54, 1.807) is 0 Å². The molecule has 1 aromatic rings. The molecular formula is C12H15ClFN3O3. The summed E-state index contributed by atoms with van der Waals surface area (Å²) in [6.45, 7) is 0.826. The van der Waals surface area contributed by atoms with Crippen molar-refractivity contribution in [2.75, 3.05) is 13.1 Å². The summed E-state index contributed by atoms with van der Waals surface area (Å²) in [7, 11) is 0. The third-order valence-corrected chi connectivity index (χ3v) is 3.13. The molecule has 110 valence electrons. The predicted octanol–water partition coefficient (Wildman–Crippen LogP) is 1.72. The molecule has 1 amide bonds. The normalized spacial score (nSPS) is 18.3. The molecule has 0 aliphatic carbocycles. The number of nitrogens with zero attached hydrogens (tertiary/aromatic N) is 2. The third-order valence-electron chi connectivity index (χ3n) is 3.13. The van der Waals surface area contributed by atoms with E-state index in [1.807, 2.05) is 0 Å². The Balaban J connectivity index is 0.00000200. The summed E-state index contributed by atoms with van der Waals surface area (Å²) in [6, 6.07) is 2.74. The highest BCUT2D eigenvalue weighted by Crippen LogP contribution is 2.22. The first-order valence-corrected chi connectivity index (χ1v) is 5.98. The van der Waals surface area contributed by atoms with Gasteiger partial charge in [0, 0.05) is 25.2 Å². The summed E-state index contributed by atoms with van der Waals surface area (Å²) < 4.78 is 13.2. The number of carbonyl (C=O) groups excluding carboxylic acids is 1. The van der Waals surface area contributed by atoms with Crippen LogP contribution in [0.15, 0.2) is 18.2 Å². The molecule has 0 aromatic heterocycles. The van der Waals surface area contributed by atoms with Crippen molar-refractivity contribution < 1.29 is 14.1 Å². The van der Waals surface area contributed by atoms with Gasteiger partial charge >= 0.3 is 0 Å². The third kappa shape index (κ3) is 3.43. The monoisotopic (exact) mass is 303 g/mol. The van der Waals surface area contributed by atoms with Crippen LogP contribution in [0.25, 0.3) is 0 Å². The van der Waals surface area contributed by atoms with Gasteiger partial charge in [0.2, 0.25) is 0 Å². The Morgan fingerprint density at radius 2 is 2.20 bits per heavy atom. The van der Waals surface area contributed by atoms with E-state index < -0.39 is 16.6 Å². The fraction of sp³-hybridized carbons (Fsp3) is 0.417. The lowest BCUT2D eigenvalue weighted by Crippen LogP contribution is -2.45. The number of piperidine rings is 1. The van der Waals surface area contributed by atoms with E-state index >= 15 is 0 Å². The first-order chi connectivity index (χ1) is 8.99. The number of nitro groups is 1. The number of likely N-dealkylation sites (tertiary alicyclic amines) is 1. The minimum atomic E-state index is -0.684. The average molecular weight is 304 g/mol. The molecule has 1 aliphatic rings. The van der Waals surface area contributed by atoms with E-state index in [4.69, 9.17) is 5.73 Å². The van der Waals surface area contributed by atoms with Crippen LogP contribution in [0.3, 0.4) is 0 Å². The fourth-order valence-electron chi connectivity index (χ4n) is 2.20. The van der Waals surface area contributed by atoms with Crippen LogP contribution in [0.1, 0.15) is 23.2 Å². The number of rotatable bonds is 2. The number of nitro benzene ring substituents is 1. The minimum absolute atomic E-state index is 0. The molecule has 2 rings (SSSR count). The first kappa shape index (κ1) is 16.3. The molecule has 0 radical (unpaired) electrons. The van der Waals surface area contributed by atoms with Gasteiger partial charge in [0.05, 0.1) is 4.92 Å². The van der Waals surface area contributed by atoms with E-state index in [-0.39, 0.29) is 29.7 Å². The lowest BCUT2D eigenvalue weighted by Gasteiger charge is -2.30. The molecule has 1 atom stereocenters. The van der Waals surface area contributed by atoms with Crippen molar-refractivity contribution in [1.29, 1.82) is 0 Å². The lowest BCUT2D eigenvalue weighted by atomic mass is 10.0. The molecule has 1 saturated heterocycles. The highest BCUT2D eigenvalue weighted by Gasteiger charge is 2.28. The molecule has 0 spiro atoms. The molecule has 1 aromatic carbocycles. The van der Waals surface area contributed by atoms with Crippen LogP contribution in [-0.2, 0) is 0 Å². The quantitative estimate of drug-likeness (QED) is 0.665. The summed E-state index contributed by atoms with van der Waals surface area (Å²) in [5, 5.41) is 10.9. The zero-order valence-electron chi connectivity index (χ0n) is 10.6. The number of halogens is 2. The highest BCUT2D eigenvalue weighted by atomic mass is 35.5. The molecule has 1 fully saturated rings. The molecule has 2 N–H and O–H groups in total. The van der Waals surface area contributed by atoms with E-state index in [2.05, 4.69) is 0 Å². The predicted molar refractivity (Wildman–Crippen MR) is 73.4 cm³/mol. The van der Waals surface area contributed by atoms with Crippen LogP contribution in [0.4, 0.5) is 10.1 Å². The summed E-state index contributed by atoms with van der Waals surface area (Å²) in [5.74, 6) is -1.21. The van der Waals surface area contributed by atoms with Gasteiger partial charge in [0.1, 0.15) is 11.4 Å². The summed E-state index contributed by atoms with van der Waals surface area (Å²) in [6.07, 6.45) is 1.56. The van der Waals surface area contributed by atoms with Crippen molar-refractivity contribution in [3.05, 3.63) is 39.7 Å². The topological polar surface area (TPSA) is 89.5 Å². The van der Waals surface area contributed by atoms with Gasteiger partial charge < -0.3 is 10.6 Å². The Labute approximate surface area is 121 Å². The van der Waals surface area contributed by atoms with Crippen molar-refractivity contribution in [2.45, 2.75) is 18.9 Å². The highest BCUT2D eigenvalue weighted by molar-refractivity contribution is 5.98. The zero-order valence-corrected chi connectivity index (χ0v) is 11.4. The molecule has 20 heavy (non-hydrogen) atoms. The Bertz CT molecular complexity index is 527. The standard InChI is InChI=1S/C12H14FN3O3.ClH/c13-8-3-4-11(16(18)19)10(6-8)12(17)15-5-1-2-9(14)7-15;/h3-4,6,9H,1-2,5,7,14H2;1H. The Kier molecular flexibility index (Phi) is 5.41. The summed E-state index contributed by atoms with van der Waals surface area (Å²) in [4.78, 5) is 23.9. The van der Waals surface area contributed by atoms with E-state index in [1.165, 1.54) is 4.90 Å². The second-order valence-corrected chi connectivity index (χ2v) is 4.57. The molecule has 1 aliphatic heterocycles. The van der Waals surface area contributed by atoms with Crippen molar-refractivity contribution in [2.24, 2.45) is 5.73 Å². The van der Waals surface area contributed by atoms with Crippen molar-refractivity contribution >= 4 is 24.0 Å². The van der Waals surface area contributed by atoms with Crippen LogP contribution in [0, 0.1) is 15.9 Å². The van der Waals surface area contributed by atoms with Gasteiger partial charge in [-0.1, -0.05) is 0 Å². The van der Waals surface area contributed by atoms with Crippen LogP contribution in [0.5, 0.6) is 0 Å². The average Bonchev–Trinajstić information content (AvgIpc) is 2.37. The molecule has 0 saturated carbocycles. The molecule has 8 heteroatoms. The van der Waals surface area contributed by atoms with Crippen LogP contribution in [-0.4, -0.2) is 34.9 Å². The van der Waals surface area contributed by atoms with Crippen LogP contribution in [0.2, 0.25) is 0 Å². The first-order valence-electron chi connectivity index (χ1n) is 5.98. The molecule has 1 heterocycles. The smallest absolute Gasteiger partial charge is 0.282 e. The van der Waals surface area contributed by atoms with Gasteiger partial charge in [-0.25, -0.2) is 4.39 Å². The van der Waals surface area contributed by atoms with Gasteiger partial charge in [-0.05, 0) is 25.0 Å². The minimum Gasteiger partial charge on any atom is -0.337 e. The maximum absolute atomic E-state index is 13.2. The summed E-state index contributed by atoms with van der Waals surface area (Å²) >= 11 is 0. The fourth-order valence-corrected chi connectivity index (χ4v) is 2.20. The Morgan fingerprint density at radius 3 is 2.80 bits per heavy atom. The zero-order chi connectivity index (χ0) is 14.0. The second-order valence-electron chi connectivity index (χ2n) is 4.57. The number of amides is 1. The molecular weight excluding hydrogens is 289 g/mol. The number of nitrogens with two attached hydrogens (primary N) is 1. The van der Waals surface area contributed by atoms with Crippen molar-refractivity contribution in [1.82, 2.24) is 4.90 Å². The second kappa shape index (κ2) is 6.62. The molecule has 6 nitrogen and oxygen atoms in total. The molecule has 1 unspecified atom stereocenters. The maximum atomic E-state index is 13.2. The van der Waals surface area contributed by atoms with Gasteiger partial charge in [0.25, 0.3) is 11.6 Å². The number of hydrogen-bond acceptors (Lipinski definition) is 4. The van der Waals surface area contributed by atoms with Gasteiger partial charge in [0.15, 0.2) is 0 Å². The van der Waals surface area contributed by atoms with E-state index in [0.717, 1.165) is 31.0 Å². The number of carbonyl (C=O) groups is 1. The van der Waals surface area contributed by atoms with Crippen molar-refractivity contribution in [3.8, 4) is 0 Å². The molecule has 0 bridgehead atoms. The number of benzene rings is 1. The lowest BCUT2D eigenvalue weighted by molar-refractivity contribution is -0.385. The summed E-state index contributed by atoms with van der Waals surface area (Å²) in [5.41, 5.74) is 5.16. The van der Waals surface area contributed by atoms with Crippen LogP contribution < -0.4 is 5.73 Å². The Hall–Kier alpha value is -1.73. The maximum Gasteiger partial charge on any atom is 0.282 e. The van der Waals surface area contributed by atoms with Gasteiger partial charge in [-0.2, -0.15) is 0 Å². The van der Waals surface area contributed by atoms with Crippen LogP contribution >= 0.6 is 12.4 Å². The van der Waals surface area contributed by atoms with Crippen molar-refractivity contribution in [3.63, 3.8) is 0 Å². The van der Waals surface area contributed by atoms with Gasteiger partial charge in [-0.15, -0.1) is 12.4 Å². The largest absolute Gasteiger partial charge is 0.337 e. The SMILES string of the molecule is Cl.NC1CCCN(C(=O)c2cc(F)ccc2[N+](=O)[O-])C1. The number of hydrogen-bond donors (Lipinski definition) is 1. The van der Waals surface area contributed by atoms with Gasteiger partial charge in [-0.3, -0.25) is 14.9 Å². The Morgan fingerprint density at radius 1 is 1.50 bits per heavy atom. The van der Waals surface area contributed by atoms with E-state index in [0.29, 0.717) is 13.1 Å². The van der Waals surface area contributed by atoms with E-state index in [9.17, 15) is 19.3 Å².